The minimum atomic E-state index is 0.286. The Morgan fingerprint density at radius 3 is 2.67 bits per heavy atom. The fourth-order valence-corrected chi connectivity index (χ4v) is 1.66. The first-order chi connectivity index (χ1) is 7.31. The third kappa shape index (κ3) is 2.01. The van der Waals surface area contributed by atoms with Gasteiger partial charge in [0.2, 0.25) is 0 Å². The maximum atomic E-state index is 9.53. The number of hydrogen-bond acceptors (Lipinski definition) is 2. The Kier molecular flexibility index (Phi) is 2.72. The minimum Gasteiger partial charge on any atom is -0.504 e. The van der Waals surface area contributed by atoms with Crippen molar-refractivity contribution in [2.45, 2.75) is 19.9 Å². The molecule has 78 valence electrons. The Bertz CT molecular complexity index is 434. The summed E-state index contributed by atoms with van der Waals surface area (Å²) in [6.07, 6.45) is 2.29. The zero-order valence-electron chi connectivity index (χ0n) is 8.72. The van der Waals surface area contributed by atoms with Crippen LogP contribution >= 0.6 is 0 Å². The van der Waals surface area contributed by atoms with Crippen molar-refractivity contribution >= 4 is 0 Å². The van der Waals surface area contributed by atoms with Crippen molar-refractivity contribution in [1.82, 2.24) is 9.78 Å². The van der Waals surface area contributed by atoms with Gasteiger partial charge in [0.15, 0.2) is 5.75 Å². The van der Waals surface area contributed by atoms with Crippen LogP contribution in [0.2, 0.25) is 0 Å². The van der Waals surface area contributed by atoms with Crippen molar-refractivity contribution in [1.29, 1.82) is 0 Å². The highest BCUT2D eigenvalue weighted by molar-refractivity contribution is 5.24. The van der Waals surface area contributed by atoms with Gasteiger partial charge in [-0.25, -0.2) is 0 Å². The molecule has 1 aromatic carbocycles. The molecule has 1 heterocycles. The fraction of sp³-hybridized carbons (Fsp3) is 0.250. The summed E-state index contributed by atoms with van der Waals surface area (Å²) in [7, 11) is 0. The van der Waals surface area contributed by atoms with E-state index in [4.69, 9.17) is 0 Å². The van der Waals surface area contributed by atoms with E-state index in [0.717, 1.165) is 12.1 Å². The second kappa shape index (κ2) is 4.17. The van der Waals surface area contributed by atoms with E-state index < -0.39 is 0 Å². The fourth-order valence-electron chi connectivity index (χ4n) is 1.66. The molecule has 0 atom stereocenters. The molecule has 0 aliphatic carbocycles. The Labute approximate surface area is 89.0 Å². The molecular formula is C12H14N2O. The molecular weight excluding hydrogens is 188 g/mol. The topological polar surface area (TPSA) is 38.1 Å². The average molecular weight is 202 g/mol. The number of aromatic nitrogens is 2. The normalized spacial score (nSPS) is 10.5. The monoisotopic (exact) mass is 202 g/mol. The van der Waals surface area contributed by atoms with Gasteiger partial charge in [0.25, 0.3) is 0 Å². The summed E-state index contributed by atoms with van der Waals surface area (Å²) < 4.78 is 1.84. The molecule has 0 saturated carbocycles. The second-order valence-corrected chi connectivity index (χ2v) is 3.47. The molecule has 0 spiro atoms. The second-order valence-electron chi connectivity index (χ2n) is 3.47. The van der Waals surface area contributed by atoms with Crippen LogP contribution in [0.25, 0.3) is 0 Å². The number of nitrogens with zero attached hydrogens (tertiary/aromatic N) is 2. The molecule has 0 amide bonds. The highest BCUT2D eigenvalue weighted by atomic mass is 16.3. The molecule has 3 nitrogen and oxygen atoms in total. The van der Waals surface area contributed by atoms with E-state index in [-0.39, 0.29) is 5.75 Å². The molecule has 0 bridgehead atoms. The average Bonchev–Trinajstić information content (AvgIpc) is 2.61. The largest absolute Gasteiger partial charge is 0.504 e. The first kappa shape index (κ1) is 9.77. The maximum absolute atomic E-state index is 9.53. The summed E-state index contributed by atoms with van der Waals surface area (Å²) in [5, 5.41) is 13.7. The van der Waals surface area contributed by atoms with Crippen molar-refractivity contribution in [3.05, 3.63) is 47.8 Å². The predicted octanol–water partition coefficient (Wildman–Crippen LogP) is 2.20. The standard InChI is InChI=1S/C12H14N2O/c1-2-11-12(15)8-13-14(11)9-10-6-4-3-5-7-10/h3-8,15H,2,9H2,1H3. The van der Waals surface area contributed by atoms with Gasteiger partial charge in [0, 0.05) is 0 Å². The molecule has 2 rings (SSSR count). The summed E-state index contributed by atoms with van der Waals surface area (Å²) in [4.78, 5) is 0. The molecule has 3 heteroatoms. The van der Waals surface area contributed by atoms with Gasteiger partial charge in [-0.1, -0.05) is 37.3 Å². The van der Waals surface area contributed by atoms with Crippen LogP contribution in [-0.4, -0.2) is 14.9 Å². The number of hydrogen-bond donors (Lipinski definition) is 1. The van der Waals surface area contributed by atoms with E-state index in [1.165, 1.54) is 11.8 Å². The van der Waals surface area contributed by atoms with Gasteiger partial charge in [-0.2, -0.15) is 5.10 Å². The lowest BCUT2D eigenvalue weighted by molar-refractivity contribution is 0.465. The number of benzene rings is 1. The SMILES string of the molecule is CCc1c(O)cnn1Cc1ccccc1. The molecule has 1 aromatic heterocycles. The van der Waals surface area contributed by atoms with Gasteiger partial charge >= 0.3 is 0 Å². The molecule has 0 aliphatic heterocycles. The van der Waals surface area contributed by atoms with Gasteiger partial charge in [-0.3, -0.25) is 4.68 Å². The number of rotatable bonds is 3. The van der Waals surface area contributed by atoms with Crippen LogP contribution in [0.4, 0.5) is 0 Å². The van der Waals surface area contributed by atoms with Crippen LogP contribution in [0.5, 0.6) is 5.75 Å². The van der Waals surface area contributed by atoms with Crippen LogP contribution in [-0.2, 0) is 13.0 Å². The third-order valence-electron chi connectivity index (χ3n) is 2.44. The van der Waals surface area contributed by atoms with Gasteiger partial charge in [-0.15, -0.1) is 0 Å². The third-order valence-corrected chi connectivity index (χ3v) is 2.44. The Hall–Kier alpha value is -1.77. The van der Waals surface area contributed by atoms with E-state index in [1.807, 2.05) is 29.8 Å². The van der Waals surface area contributed by atoms with Crippen molar-refractivity contribution < 1.29 is 5.11 Å². The molecule has 0 fully saturated rings. The van der Waals surface area contributed by atoms with E-state index in [1.54, 1.807) is 0 Å². The van der Waals surface area contributed by atoms with E-state index in [2.05, 4.69) is 17.2 Å². The summed E-state index contributed by atoms with van der Waals surface area (Å²) in [5.41, 5.74) is 2.08. The van der Waals surface area contributed by atoms with Gasteiger partial charge in [0.05, 0.1) is 18.4 Å². The van der Waals surface area contributed by atoms with Crippen LogP contribution < -0.4 is 0 Å². The lowest BCUT2D eigenvalue weighted by atomic mass is 10.2. The summed E-state index contributed by atoms with van der Waals surface area (Å²) in [6.45, 7) is 2.72. The van der Waals surface area contributed by atoms with E-state index in [0.29, 0.717) is 6.54 Å². The first-order valence-corrected chi connectivity index (χ1v) is 5.09. The van der Waals surface area contributed by atoms with Crippen LogP contribution in [0, 0.1) is 0 Å². The highest BCUT2D eigenvalue weighted by Gasteiger charge is 2.07. The summed E-state index contributed by atoms with van der Waals surface area (Å²) >= 11 is 0. The maximum Gasteiger partial charge on any atom is 0.156 e. The predicted molar refractivity (Wildman–Crippen MR) is 58.8 cm³/mol. The van der Waals surface area contributed by atoms with Crippen LogP contribution in [0.1, 0.15) is 18.2 Å². The summed E-state index contributed by atoms with van der Waals surface area (Å²) in [5.74, 6) is 0.286. The van der Waals surface area contributed by atoms with Crippen LogP contribution in [0.15, 0.2) is 36.5 Å². The molecule has 0 saturated heterocycles. The molecule has 0 aliphatic rings. The van der Waals surface area contributed by atoms with E-state index in [9.17, 15) is 5.11 Å². The van der Waals surface area contributed by atoms with Gasteiger partial charge < -0.3 is 5.11 Å². The van der Waals surface area contributed by atoms with Crippen molar-refractivity contribution in [2.75, 3.05) is 0 Å². The molecule has 0 unspecified atom stereocenters. The van der Waals surface area contributed by atoms with Gasteiger partial charge in [0.1, 0.15) is 0 Å². The van der Waals surface area contributed by atoms with Crippen molar-refractivity contribution in [2.24, 2.45) is 0 Å². The zero-order chi connectivity index (χ0) is 10.7. The molecule has 15 heavy (non-hydrogen) atoms. The lowest BCUT2D eigenvalue weighted by Crippen LogP contribution is -2.05. The smallest absolute Gasteiger partial charge is 0.156 e. The zero-order valence-corrected chi connectivity index (χ0v) is 8.72. The highest BCUT2D eigenvalue weighted by Crippen LogP contribution is 2.17. The van der Waals surface area contributed by atoms with Crippen molar-refractivity contribution in [3.63, 3.8) is 0 Å². The molecule has 1 N–H and O–H groups in total. The van der Waals surface area contributed by atoms with Crippen molar-refractivity contribution in [3.8, 4) is 5.75 Å². The van der Waals surface area contributed by atoms with E-state index >= 15 is 0 Å². The molecule has 2 aromatic rings. The van der Waals surface area contributed by atoms with Gasteiger partial charge in [-0.05, 0) is 12.0 Å². The number of aromatic hydroxyl groups is 1. The lowest BCUT2D eigenvalue weighted by Gasteiger charge is -2.05. The Morgan fingerprint density at radius 1 is 1.27 bits per heavy atom. The Balaban J connectivity index is 2.25. The summed E-state index contributed by atoms with van der Waals surface area (Å²) in [6, 6.07) is 10.1. The van der Waals surface area contributed by atoms with Crippen LogP contribution in [0.3, 0.4) is 0 Å². The first-order valence-electron chi connectivity index (χ1n) is 5.09. The quantitative estimate of drug-likeness (QED) is 0.828. The Morgan fingerprint density at radius 2 is 2.00 bits per heavy atom. The molecule has 0 radical (unpaired) electrons. The minimum absolute atomic E-state index is 0.286.